The third-order valence-corrected chi connectivity index (χ3v) is 4.34. The van der Waals surface area contributed by atoms with Crippen molar-refractivity contribution in [2.24, 2.45) is 0 Å². The van der Waals surface area contributed by atoms with Crippen LogP contribution in [-0.2, 0) is 16.1 Å². The van der Waals surface area contributed by atoms with Gasteiger partial charge in [-0.25, -0.2) is 4.39 Å². The van der Waals surface area contributed by atoms with E-state index in [9.17, 15) is 9.18 Å². The molecule has 1 amide bonds. The Labute approximate surface area is 147 Å². The summed E-state index contributed by atoms with van der Waals surface area (Å²) in [5, 5.41) is 0. The number of carbonyl (C=O) groups excluding carboxylic acids is 1. The fourth-order valence-electron chi connectivity index (χ4n) is 2.91. The predicted molar refractivity (Wildman–Crippen MR) is 93.8 cm³/mol. The summed E-state index contributed by atoms with van der Waals surface area (Å²) in [6.07, 6.45) is 0. The molecule has 1 aliphatic rings. The van der Waals surface area contributed by atoms with Gasteiger partial charge in [-0.05, 0) is 49.2 Å². The van der Waals surface area contributed by atoms with Crippen LogP contribution in [0.5, 0.6) is 5.75 Å². The van der Waals surface area contributed by atoms with Crippen molar-refractivity contribution in [1.29, 1.82) is 0 Å². The zero-order valence-corrected chi connectivity index (χ0v) is 14.5. The molecule has 0 fully saturated rings. The molecule has 0 saturated carbocycles. The van der Waals surface area contributed by atoms with Crippen LogP contribution in [0.4, 0.5) is 4.39 Å². The summed E-state index contributed by atoms with van der Waals surface area (Å²) in [6, 6.07) is 12.2. The molecule has 0 spiro atoms. The first-order valence-corrected chi connectivity index (χ1v) is 8.47. The van der Waals surface area contributed by atoms with Gasteiger partial charge in [-0.2, -0.15) is 0 Å². The highest BCUT2D eigenvalue weighted by Gasteiger charge is 2.25. The number of halogens is 1. The lowest BCUT2D eigenvalue weighted by molar-refractivity contribution is -0.139. The Morgan fingerprint density at radius 3 is 2.68 bits per heavy atom. The van der Waals surface area contributed by atoms with Gasteiger partial charge in [0.15, 0.2) is 0 Å². The van der Waals surface area contributed by atoms with Crippen molar-refractivity contribution in [2.75, 3.05) is 19.8 Å². The highest BCUT2D eigenvalue weighted by Crippen LogP contribution is 2.30. The highest BCUT2D eigenvalue weighted by atomic mass is 19.1. The Hall–Kier alpha value is -2.40. The maximum absolute atomic E-state index is 13.1. The van der Waals surface area contributed by atoms with Crippen molar-refractivity contribution in [3.05, 3.63) is 53.8 Å². The third kappa shape index (κ3) is 3.99. The number of amides is 1. The fourth-order valence-corrected chi connectivity index (χ4v) is 2.91. The van der Waals surface area contributed by atoms with Gasteiger partial charge in [0.05, 0.1) is 6.04 Å². The average Bonchev–Trinajstić information content (AvgIpc) is 2.79. The van der Waals surface area contributed by atoms with Crippen LogP contribution in [0.15, 0.2) is 42.5 Å². The molecule has 3 rings (SSSR count). The summed E-state index contributed by atoms with van der Waals surface area (Å²) < 4.78 is 24.3. The van der Waals surface area contributed by atoms with Crippen LogP contribution in [0.3, 0.4) is 0 Å². The molecule has 0 bridgehead atoms. The number of carbonyl (C=O) groups is 1. The maximum Gasteiger partial charge on any atom is 0.249 e. The van der Waals surface area contributed by atoms with Crippen molar-refractivity contribution in [1.82, 2.24) is 4.90 Å². The van der Waals surface area contributed by atoms with Crippen LogP contribution in [0, 0.1) is 5.82 Å². The van der Waals surface area contributed by atoms with E-state index in [-0.39, 0.29) is 24.4 Å². The number of hydrogen-bond donors (Lipinski definition) is 0. The highest BCUT2D eigenvalue weighted by molar-refractivity contribution is 5.78. The summed E-state index contributed by atoms with van der Waals surface area (Å²) in [7, 11) is 0. The quantitative estimate of drug-likeness (QED) is 0.851. The van der Waals surface area contributed by atoms with Gasteiger partial charge in [-0.15, -0.1) is 0 Å². The van der Waals surface area contributed by atoms with Crippen molar-refractivity contribution in [3.8, 4) is 16.9 Å². The van der Waals surface area contributed by atoms with Crippen LogP contribution in [0.25, 0.3) is 11.1 Å². The number of hydrogen-bond acceptors (Lipinski definition) is 3. The first-order chi connectivity index (χ1) is 12.1. The molecular formula is C20H22FNO3. The second-order valence-corrected chi connectivity index (χ2v) is 6.15. The number of benzene rings is 2. The third-order valence-electron chi connectivity index (χ3n) is 4.34. The van der Waals surface area contributed by atoms with Crippen LogP contribution >= 0.6 is 0 Å². The van der Waals surface area contributed by atoms with Crippen LogP contribution < -0.4 is 4.74 Å². The maximum atomic E-state index is 13.1. The number of ether oxygens (including phenoxy) is 2. The minimum absolute atomic E-state index is 0.0328. The van der Waals surface area contributed by atoms with E-state index in [1.54, 1.807) is 17.0 Å². The monoisotopic (exact) mass is 343 g/mol. The van der Waals surface area contributed by atoms with E-state index in [0.29, 0.717) is 19.8 Å². The number of nitrogens with zero attached hydrogens (tertiary/aromatic N) is 1. The Morgan fingerprint density at radius 1 is 1.24 bits per heavy atom. The molecule has 1 atom stereocenters. The summed E-state index contributed by atoms with van der Waals surface area (Å²) >= 11 is 0. The summed E-state index contributed by atoms with van der Waals surface area (Å²) in [6.45, 7) is 5.34. The Balaban J connectivity index is 1.87. The average molecular weight is 343 g/mol. The largest absolute Gasteiger partial charge is 0.491 e. The van der Waals surface area contributed by atoms with E-state index in [1.807, 2.05) is 32.0 Å². The second kappa shape index (κ2) is 7.66. The molecule has 132 valence electrons. The van der Waals surface area contributed by atoms with Crippen molar-refractivity contribution in [2.45, 2.75) is 26.4 Å². The number of fused-ring (bicyclic) bond motifs is 1. The predicted octanol–water partition coefficient (Wildman–Crippen LogP) is 3.64. The van der Waals surface area contributed by atoms with Crippen LogP contribution in [0.1, 0.15) is 19.4 Å². The first kappa shape index (κ1) is 17.4. The van der Waals surface area contributed by atoms with Gasteiger partial charge in [0.25, 0.3) is 0 Å². The van der Waals surface area contributed by atoms with E-state index in [0.717, 1.165) is 22.4 Å². The molecule has 25 heavy (non-hydrogen) atoms. The topological polar surface area (TPSA) is 38.8 Å². The fraction of sp³-hybridized carbons (Fsp3) is 0.350. The van der Waals surface area contributed by atoms with Gasteiger partial charge in [-0.3, -0.25) is 4.79 Å². The lowest BCUT2D eigenvalue weighted by Crippen LogP contribution is -2.41. The molecule has 1 heterocycles. The normalized spacial score (nSPS) is 16.8. The van der Waals surface area contributed by atoms with Gasteiger partial charge < -0.3 is 14.4 Å². The summed E-state index contributed by atoms with van der Waals surface area (Å²) in [4.78, 5) is 14.2. The van der Waals surface area contributed by atoms with Gasteiger partial charge in [-0.1, -0.05) is 18.2 Å². The SMILES string of the molecule is CCOCC(=O)N1Cc2cc(-c3ccc(F)cc3)ccc2OC[C@@H]1C. The molecule has 4 nitrogen and oxygen atoms in total. The Bertz CT molecular complexity index is 745. The zero-order valence-electron chi connectivity index (χ0n) is 14.5. The molecule has 0 saturated heterocycles. The van der Waals surface area contributed by atoms with Gasteiger partial charge in [0.1, 0.15) is 24.8 Å². The second-order valence-electron chi connectivity index (χ2n) is 6.15. The lowest BCUT2D eigenvalue weighted by Gasteiger charge is -2.26. The van der Waals surface area contributed by atoms with Crippen molar-refractivity contribution in [3.63, 3.8) is 0 Å². The molecule has 0 aliphatic carbocycles. The molecule has 1 aliphatic heterocycles. The first-order valence-electron chi connectivity index (χ1n) is 8.47. The lowest BCUT2D eigenvalue weighted by atomic mass is 10.0. The number of rotatable bonds is 4. The molecule has 0 aromatic heterocycles. The molecular weight excluding hydrogens is 321 g/mol. The van der Waals surface area contributed by atoms with Crippen LogP contribution in [-0.4, -0.2) is 36.7 Å². The molecule has 2 aromatic rings. The van der Waals surface area contributed by atoms with Crippen molar-refractivity contribution < 1.29 is 18.7 Å². The summed E-state index contributed by atoms with van der Waals surface area (Å²) in [5.41, 5.74) is 2.83. The minimum Gasteiger partial charge on any atom is -0.491 e. The molecule has 0 N–H and O–H groups in total. The summed E-state index contributed by atoms with van der Waals surface area (Å²) in [5.74, 6) is 0.478. The molecule has 2 aromatic carbocycles. The van der Waals surface area contributed by atoms with E-state index >= 15 is 0 Å². The minimum atomic E-state index is -0.261. The standard InChI is InChI=1S/C20H22FNO3/c1-3-24-13-20(23)22-11-17-10-16(15-4-7-18(21)8-5-15)6-9-19(17)25-12-14(22)2/h4-10,14H,3,11-13H2,1-2H3/t14-/m0/s1. The van der Waals surface area contributed by atoms with Crippen LogP contribution in [0.2, 0.25) is 0 Å². The van der Waals surface area contributed by atoms with E-state index in [1.165, 1.54) is 12.1 Å². The molecule has 0 radical (unpaired) electrons. The smallest absolute Gasteiger partial charge is 0.249 e. The van der Waals surface area contributed by atoms with Gasteiger partial charge >= 0.3 is 0 Å². The van der Waals surface area contributed by atoms with E-state index in [4.69, 9.17) is 9.47 Å². The Kier molecular flexibility index (Phi) is 5.34. The molecule has 5 heteroatoms. The van der Waals surface area contributed by atoms with E-state index < -0.39 is 0 Å². The van der Waals surface area contributed by atoms with Gasteiger partial charge in [0.2, 0.25) is 5.91 Å². The molecule has 0 unspecified atom stereocenters. The Morgan fingerprint density at radius 2 is 1.96 bits per heavy atom. The van der Waals surface area contributed by atoms with Crippen molar-refractivity contribution >= 4 is 5.91 Å². The van der Waals surface area contributed by atoms with Gasteiger partial charge in [0, 0.05) is 18.7 Å². The van der Waals surface area contributed by atoms with E-state index in [2.05, 4.69) is 0 Å². The zero-order chi connectivity index (χ0) is 17.8.